The van der Waals surface area contributed by atoms with Crippen LogP contribution in [0.5, 0.6) is 11.5 Å². The number of ether oxygens (including phenoxy) is 2. The molecular formula is C30H31FN4O4. The molecule has 0 unspecified atom stereocenters. The van der Waals surface area contributed by atoms with Gasteiger partial charge in [0.25, 0.3) is 0 Å². The Bertz CT molecular complexity index is 1350. The zero-order chi connectivity index (χ0) is 26.8. The van der Waals surface area contributed by atoms with Crippen LogP contribution in [0.3, 0.4) is 0 Å². The molecule has 2 atom stereocenters. The summed E-state index contributed by atoms with van der Waals surface area (Å²) >= 11 is 0. The molecule has 2 amide bonds. The predicted octanol–water partition coefficient (Wildman–Crippen LogP) is 3.59. The van der Waals surface area contributed by atoms with Gasteiger partial charge in [-0.1, -0.05) is 36.4 Å². The first kappa shape index (κ1) is 25.2. The van der Waals surface area contributed by atoms with Gasteiger partial charge in [0.2, 0.25) is 18.6 Å². The summed E-state index contributed by atoms with van der Waals surface area (Å²) in [5.74, 6) is 0.592. The minimum atomic E-state index is -0.409. The van der Waals surface area contributed by atoms with Crippen molar-refractivity contribution in [3.05, 3.63) is 84.2 Å². The number of nitrogens with zero attached hydrogens (tertiary/aromatic N) is 3. The number of carbonyl (C=O) groups is 2. The van der Waals surface area contributed by atoms with Crippen molar-refractivity contribution >= 4 is 23.2 Å². The molecule has 0 aliphatic carbocycles. The minimum absolute atomic E-state index is 0.0436. The first-order chi connectivity index (χ1) is 19.1. The largest absolute Gasteiger partial charge is 0.454 e. The average Bonchev–Trinajstić information content (AvgIpc) is 3.60. The molecule has 0 radical (unpaired) electrons. The Morgan fingerprint density at radius 2 is 1.69 bits per heavy atom. The van der Waals surface area contributed by atoms with Gasteiger partial charge in [-0.15, -0.1) is 0 Å². The summed E-state index contributed by atoms with van der Waals surface area (Å²) in [5, 5.41) is 3.13. The van der Waals surface area contributed by atoms with Crippen LogP contribution in [0.15, 0.2) is 72.8 Å². The Morgan fingerprint density at radius 3 is 2.49 bits per heavy atom. The SMILES string of the molecule is O=C(NC[C@@H](c1ccc2c(c1)OCO2)N1CCN(c2ccccc2F)CC1)[C@@H]1CC(=O)N(c2ccccc2)C1. The number of hydrogen-bond donors (Lipinski definition) is 1. The average molecular weight is 531 g/mol. The lowest BCUT2D eigenvalue weighted by molar-refractivity contribution is -0.126. The molecule has 0 aromatic heterocycles. The van der Waals surface area contributed by atoms with Gasteiger partial charge in [-0.2, -0.15) is 0 Å². The molecule has 2 saturated heterocycles. The van der Waals surface area contributed by atoms with Crippen LogP contribution in [0, 0.1) is 11.7 Å². The van der Waals surface area contributed by atoms with Crippen molar-refractivity contribution < 1.29 is 23.5 Å². The molecule has 3 aromatic carbocycles. The fourth-order valence-electron chi connectivity index (χ4n) is 5.64. The van der Waals surface area contributed by atoms with Crippen LogP contribution < -0.4 is 24.6 Å². The fourth-order valence-corrected chi connectivity index (χ4v) is 5.64. The van der Waals surface area contributed by atoms with Crippen molar-refractivity contribution in [2.75, 3.05) is 55.9 Å². The minimum Gasteiger partial charge on any atom is -0.454 e. The maximum Gasteiger partial charge on any atom is 0.231 e. The molecular weight excluding hydrogens is 499 g/mol. The van der Waals surface area contributed by atoms with Crippen molar-refractivity contribution in [3.8, 4) is 11.5 Å². The number of fused-ring (bicyclic) bond motifs is 1. The standard InChI is InChI=1S/C30H31FN4O4/c31-24-8-4-5-9-25(24)33-12-14-34(15-13-33)26(21-10-11-27-28(16-21)39-20-38-27)18-32-30(37)22-17-29(36)35(19-22)23-6-2-1-3-7-23/h1-11,16,22,26H,12-15,17-20H2,(H,32,37)/t22-,26+/m1/s1. The van der Waals surface area contributed by atoms with E-state index in [1.807, 2.05) is 60.7 Å². The molecule has 3 aliphatic rings. The van der Waals surface area contributed by atoms with E-state index in [-0.39, 0.29) is 36.9 Å². The fraction of sp³-hybridized carbons (Fsp3) is 0.333. The van der Waals surface area contributed by atoms with E-state index in [2.05, 4.69) is 15.1 Å². The van der Waals surface area contributed by atoms with E-state index < -0.39 is 5.92 Å². The lowest BCUT2D eigenvalue weighted by Gasteiger charge is -2.40. The van der Waals surface area contributed by atoms with Crippen LogP contribution >= 0.6 is 0 Å². The van der Waals surface area contributed by atoms with Gasteiger partial charge in [0.05, 0.1) is 17.6 Å². The van der Waals surface area contributed by atoms with Crippen molar-refractivity contribution in [1.82, 2.24) is 10.2 Å². The highest BCUT2D eigenvalue weighted by atomic mass is 19.1. The third-order valence-electron chi connectivity index (χ3n) is 7.76. The molecule has 39 heavy (non-hydrogen) atoms. The van der Waals surface area contributed by atoms with Crippen LogP contribution in [0.1, 0.15) is 18.0 Å². The monoisotopic (exact) mass is 530 g/mol. The summed E-state index contributed by atoms with van der Waals surface area (Å²) in [6.07, 6.45) is 0.191. The third kappa shape index (κ3) is 5.27. The first-order valence-electron chi connectivity index (χ1n) is 13.3. The molecule has 9 heteroatoms. The highest BCUT2D eigenvalue weighted by Crippen LogP contribution is 2.36. The van der Waals surface area contributed by atoms with Crippen molar-refractivity contribution in [3.63, 3.8) is 0 Å². The number of piperazine rings is 1. The summed E-state index contributed by atoms with van der Waals surface area (Å²) in [6, 6.07) is 22.0. The Kier molecular flexibility index (Phi) is 7.06. The number of hydrogen-bond acceptors (Lipinski definition) is 6. The topological polar surface area (TPSA) is 74.4 Å². The normalized spacial score (nSPS) is 19.8. The zero-order valence-corrected chi connectivity index (χ0v) is 21.6. The smallest absolute Gasteiger partial charge is 0.231 e. The molecule has 3 heterocycles. The van der Waals surface area contributed by atoms with Gasteiger partial charge in [0, 0.05) is 51.4 Å². The van der Waals surface area contributed by atoms with Crippen LogP contribution in [0.25, 0.3) is 0 Å². The van der Waals surface area contributed by atoms with Crippen LogP contribution in [0.2, 0.25) is 0 Å². The maximum atomic E-state index is 14.4. The maximum absolute atomic E-state index is 14.4. The van der Waals surface area contributed by atoms with Gasteiger partial charge < -0.3 is 24.6 Å². The number of benzene rings is 3. The van der Waals surface area contributed by atoms with E-state index in [9.17, 15) is 14.0 Å². The second-order valence-electron chi connectivity index (χ2n) is 10.1. The van der Waals surface area contributed by atoms with Gasteiger partial charge in [0.1, 0.15) is 5.82 Å². The van der Waals surface area contributed by atoms with Crippen molar-refractivity contribution in [2.45, 2.75) is 12.5 Å². The van der Waals surface area contributed by atoms with Crippen LogP contribution in [0.4, 0.5) is 15.8 Å². The van der Waals surface area contributed by atoms with E-state index >= 15 is 0 Å². The Hall–Kier alpha value is -4.11. The van der Waals surface area contributed by atoms with Crippen molar-refractivity contribution in [1.29, 1.82) is 0 Å². The number of nitrogens with one attached hydrogen (secondary N) is 1. The molecule has 0 spiro atoms. The summed E-state index contributed by atoms with van der Waals surface area (Å²) in [5.41, 5.74) is 2.43. The van der Waals surface area contributed by atoms with Gasteiger partial charge in [-0.25, -0.2) is 4.39 Å². The highest BCUT2D eigenvalue weighted by Gasteiger charge is 2.36. The summed E-state index contributed by atoms with van der Waals surface area (Å²) in [6.45, 7) is 3.67. The zero-order valence-electron chi connectivity index (χ0n) is 21.6. The molecule has 0 bridgehead atoms. The number of para-hydroxylation sites is 2. The van der Waals surface area contributed by atoms with E-state index in [1.165, 1.54) is 6.07 Å². The van der Waals surface area contributed by atoms with E-state index in [0.29, 0.717) is 56.5 Å². The Balaban J connectivity index is 1.15. The molecule has 0 saturated carbocycles. The quantitative estimate of drug-likeness (QED) is 0.504. The lowest BCUT2D eigenvalue weighted by atomic mass is 10.0. The van der Waals surface area contributed by atoms with Gasteiger partial charge in [0.15, 0.2) is 11.5 Å². The lowest BCUT2D eigenvalue weighted by Crippen LogP contribution is -2.50. The second kappa shape index (κ2) is 10.9. The van der Waals surface area contributed by atoms with E-state index in [4.69, 9.17) is 9.47 Å². The molecule has 2 fully saturated rings. The van der Waals surface area contributed by atoms with E-state index in [0.717, 1.165) is 11.3 Å². The molecule has 3 aliphatic heterocycles. The second-order valence-corrected chi connectivity index (χ2v) is 10.1. The van der Waals surface area contributed by atoms with E-state index in [1.54, 1.807) is 11.0 Å². The Morgan fingerprint density at radius 1 is 0.949 bits per heavy atom. The number of halogens is 1. The first-order valence-corrected chi connectivity index (χ1v) is 13.3. The molecule has 1 N–H and O–H groups in total. The number of carbonyl (C=O) groups excluding carboxylic acids is 2. The van der Waals surface area contributed by atoms with Crippen LogP contribution in [-0.4, -0.2) is 62.8 Å². The molecule has 6 rings (SSSR count). The third-order valence-corrected chi connectivity index (χ3v) is 7.76. The van der Waals surface area contributed by atoms with Gasteiger partial charge in [-0.05, 0) is 42.0 Å². The summed E-state index contributed by atoms with van der Waals surface area (Å²) < 4.78 is 25.5. The summed E-state index contributed by atoms with van der Waals surface area (Å²) in [7, 11) is 0. The van der Waals surface area contributed by atoms with Gasteiger partial charge >= 0.3 is 0 Å². The molecule has 8 nitrogen and oxygen atoms in total. The summed E-state index contributed by atoms with van der Waals surface area (Å²) in [4.78, 5) is 32.0. The van der Waals surface area contributed by atoms with Crippen LogP contribution in [-0.2, 0) is 9.59 Å². The highest BCUT2D eigenvalue weighted by molar-refractivity contribution is 6.00. The van der Waals surface area contributed by atoms with Crippen molar-refractivity contribution in [2.24, 2.45) is 5.92 Å². The number of anilines is 2. The molecule has 202 valence electrons. The number of amides is 2. The van der Waals surface area contributed by atoms with Gasteiger partial charge in [-0.3, -0.25) is 14.5 Å². The number of rotatable bonds is 7. The predicted molar refractivity (Wildman–Crippen MR) is 145 cm³/mol. The Labute approximate surface area is 226 Å². The molecule has 3 aromatic rings.